The van der Waals surface area contributed by atoms with E-state index < -0.39 is 0 Å². The Bertz CT molecular complexity index is 370. The molecule has 0 bridgehead atoms. The van der Waals surface area contributed by atoms with Crippen LogP contribution in [0, 0.1) is 12.8 Å². The summed E-state index contributed by atoms with van der Waals surface area (Å²) in [6.45, 7) is 7.03. The minimum absolute atomic E-state index is 0.237. The molecular formula is C12H18BrNO2S. The van der Waals surface area contributed by atoms with Gasteiger partial charge in [0.2, 0.25) is 0 Å². The van der Waals surface area contributed by atoms with Crippen LogP contribution in [-0.4, -0.2) is 19.6 Å². The van der Waals surface area contributed by atoms with Crippen molar-refractivity contribution in [3.63, 3.8) is 0 Å². The molecule has 1 unspecified atom stereocenters. The molecule has 17 heavy (non-hydrogen) atoms. The lowest BCUT2D eigenvalue weighted by Gasteiger charge is -2.16. The maximum atomic E-state index is 11.8. The van der Waals surface area contributed by atoms with Crippen molar-refractivity contribution in [1.82, 2.24) is 5.32 Å². The molecule has 96 valence electrons. The number of rotatable bonds is 5. The summed E-state index contributed by atoms with van der Waals surface area (Å²) < 4.78 is 5.88. The van der Waals surface area contributed by atoms with E-state index in [-0.39, 0.29) is 12.0 Å². The Balaban J connectivity index is 2.86. The highest BCUT2D eigenvalue weighted by molar-refractivity contribution is 9.10. The highest BCUT2D eigenvalue weighted by Gasteiger charge is 2.23. The van der Waals surface area contributed by atoms with Crippen molar-refractivity contribution in [3.05, 3.63) is 20.3 Å². The number of methoxy groups -OCH3 is 1. The van der Waals surface area contributed by atoms with E-state index in [0.717, 1.165) is 15.9 Å². The van der Waals surface area contributed by atoms with Crippen molar-refractivity contribution in [2.75, 3.05) is 13.7 Å². The van der Waals surface area contributed by atoms with Gasteiger partial charge in [-0.1, -0.05) is 13.8 Å². The van der Waals surface area contributed by atoms with E-state index in [9.17, 15) is 4.79 Å². The van der Waals surface area contributed by atoms with Crippen molar-refractivity contribution in [3.8, 4) is 0 Å². The Hall–Kier alpha value is -0.390. The molecule has 3 nitrogen and oxygen atoms in total. The van der Waals surface area contributed by atoms with E-state index in [4.69, 9.17) is 4.74 Å². The summed E-state index contributed by atoms with van der Waals surface area (Å²) in [5.41, 5.74) is 0. The number of ether oxygens (including phenoxy) is 1. The third kappa shape index (κ3) is 4.08. The van der Waals surface area contributed by atoms with Crippen LogP contribution < -0.4 is 5.32 Å². The molecule has 0 saturated heterocycles. The molecule has 5 heteroatoms. The summed E-state index contributed by atoms with van der Waals surface area (Å²) in [6, 6.07) is 1.62. The molecule has 0 spiro atoms. The second-order valence-electron chi connectivity index (χ2n) is 4.31. The van der Waals surface area contributed by atoms with Crippen LogP contribution in [-0.2, 0) is 9.53 Å². The van der Waals surface area contributed by atoms with Gasteiger partial charge in [-0.15, -0.1) is 11.3 Å². The Morgan fingerprint density at radius 3 is 2.65 bits per heavy atom. The Labute approximate surface area is 115 Å². The van der Waals surface area contributed by atoms with Gasteiger partial charge in [-0.05, 0) is 41.4 Å². The van der Waals surface area contributed by atoms with Crippen molar-refractivity contribution in [1.29, 1.82) is 0 Å². The molecule has 0 amide bonds. The number of aryl methyl sites for hydroxylation is 1. The number of esters is 1. The molecule has 0 aromatic carbocycles. The van der Waals surface area contributed by atoms with Crippen LogP contribution in [0.5, 0.6) is 0 Å². The van der Waals surface area contributed by atoms with Crippen molar-refractivity contribution >= 4 is 33.2 Å². The summed E-state index contributed by atoms with van der Waals surface area (Å²) in [4.78, 5) is 13.9. The smallest absolute Gasteiger partial charge is 0.328 e. The van der Waals surface area contributed by atoms with Crippen LogP contribution >= 0.6 is 27.3 Å². The number of halogens is 1. The van der Waals surface area contributed by atoms with Crippen LogP contribution in [0.15, 0.2) is 10.5 Å². The highest BCUT2D eigenvalue weighted by atomic mass is 79.9. The van der Waals surface area contributed by atoms with E-state index in [1.807, 2.05) is 13.0 Å². The second kappa shape index (κ2) is 6.52. The van der Waals surface area contributed by atoms with E-state index >= 15 is 0 Å². The van der Waals surface area contributed by atoms with Gasteiger partial charge in [0.15, 0.2) is 0 Å². The Kier molecular flexibility index (Phi) is 5.62. The molecule has 0 aliphatic heterocycles. The first-order chi connectivity index (χ1) is 7.95. The first kappa shape index (κ1) is 14.7. The second-order valence-corrected chi connectivity index (χ2v) is 6.45. The molecule has 1 rings (SSSR count). The molecular weight excluding hydrogens is 302 g/mol. The van der Waals surface area contributed by atoms with Gasteiger partial charge in [-0.25, -0.2) is 4.79 Å². The third-order valence-corrected chi connectivity index (χ3v) is 4.53. The largest absolute Gasteiger partial charge is 0.468 e. The van der Waals surface area contributed by atoms with Crippen molar-refractivity contribution in [2.45, 2.75) is 26.8 Å². The summed E-state index contributed by atoms with van der Waals surface area (Å²) >= 11 is 5.07. The van der Waals surface area contributed by atoms with E-state index in [0.29, 0.717) is 5.92 Å². The van der Waals surface area contributed by atoms with Gasteiger partial charge in [0.25, 0.3) is 0 Å². The van der Waals surface area contributed by atoms with Crippen LogP contribution in [0.25, 0.3) is 0 Å². The van der Waals surface area contributed by atoms with Crippen molar-refractivity contribution in [2.24, 2.45) is 5.92 Å². The molecule has 1 atom stereocenters. The summed E-state index contributed by atoms with van der Waals surface area (Å²) in [5.74, 6) is 0.256. The van der Waals surface area contributed by atoms with Gasteiger partial charge in [0, 0.05) is 14.2 Å². The predicted molar refractivity (Wildman–Crippen MR) is 74.4 cm³/mol. The number of carbonyl (C=O) groups is 1. The van der Waals surface area contributed by atoms with Gasteiger partial charge in [-0.2, -0.15) is 0 Å². The fourth-order valence-electron chi connectivity index (χ4n) is 1.40. The Morgan fingerprint density at radius 2 is 2.24 bits per heavy atom. The summed E-state index contributed by atoms with van der Waals surface area (Å²) in [5, 5.41) is 3.24. The van der Waals surface area contributed by atoms with Crippen LogP contribution in [0.2, 0.25) is 0 Å². The number of carbonyl (C=O) groups excluding carboxylic acids is 1. The summed E-state index contributed by atoms with van der Waals surface area (Å²) in [6.07, 6.45) is 0. The van der Waals surface area contributed by atoms with Crippen LogP contribution in [0.4, 0.5) is 0 Å². The predicted octanol–water partition coefficient (Wildman–Crippen LogP) is 3.28. The lowest BCUT2D eigenvalue weighted by atomic mass is 10.2. The van der Waals surface area contributed by atoms with Gasteiger partial charge >= 0.3 is 5.97 Å². The molecule has 1 aromatic rings. The minimum atomic E-state index is -0.364. The standard InChI is InChI=1S/C12H18BrNO2S/c1-7(2)6-14-11(12(15)16-4)10-5-9(13)8(3)17-10/h5,7,11,14H,6H2,1-4H3. The fourth-order valence-corrected chi connectivity index (χ4v) is 3.02. The maximum absolute atomic E-state index is 11.8. The van der Waals surface area contributed by atoms with Gasteiger partial charge in [0.1, 0.15) is 6.04 Å². The number of hydrogen-bond acceptors (Lipinski definition) is 4. The van der Waals surface area contributed by atoms with Crippen LogP contribution in [0.1, 0.15) is 29.6 Å². The SMILES string of the molecule is COC(=O)C(NCC(C)C)c1cc(Br)c(C)s1. The lowest BCUT2D eigenvalue weighted by molar-refractivity contribution is -0.143. The lowest BCUT2D eigenvalue weighted by Crippen LogP contribution is -2.31. The number of thiophene rings is 1. The highest BCUT2D eigenvalue weighted by Crippen LogP contribution is 2.31. The monoisotopic (exact) mass is 319 g/mol. The zero-order chi connectivity index (χ0) is 13.0. The van der Waals surface area contributed by atoms with E-state index in [1.165, 1.54) is 12.0 Å². The summed E-state index contributed by atoms with van der Waals surface area (Å²) in [7, 11) is 1.42. The quantitative estimate of drug-likeness (QED) is 0.846. The molecule has 1 aromatic heterocycles. The molecule has 0 saturated carbocycles. The third-order valence-electron chi connectivity index (χ3n) is 2.33. The minimum Gasteiger partial charge on any atom is -0.468 e. The normalized spacial score (nSPS) is 12.8. The molecule has 0 radical (unpaired) electrons. The topological polar surface area (TPSA) is 38.3 Å². The molecule has 0 fully saturated rings. The zero-order valence-corrected chi connectivity index (χ0v) is 12.9. The van der Waals surface area contributed by atoms with E-state index in [1.54, 1.807) is 11.3 Å². The first-order valence-electron chi connectivity index (χ1n) is 5.52. The van der Waals surface area contributed by atoms with Gasteiger partial charge in [0.05, 0.1) is 7.11 Å². The van der Waals surface area contributed by atoms with Gasteiger partial charge < -0.3 is 4.74 Å². The Morgan fingerprint density at radius 1 is 1.59 bits per heavy atom. The number of nitrogens with one attached hydrogen (secondary N) is 1. The average molecular weight is 320 g/mol. The van der Waals surface area contributed by atoms with Crippen LogP contribution in [0.3, 0.4) is 0 Å². The zero-order valence-electron chi connectivity index (χ0n) is 10.5. The molecule has 1 heterocycles. The van der Waals surface area contributed by atoms with E-state index in [2.05, 4.69) is 35.1 Å². The fraction of sp³-hybridized carbons (Fsp3) is 0.583. The molecule has 0 aliphatic rings. The number of hydrogen-bond donors (Lipinski definition) is 1. The maximum Gasteiger partial charge on any atom is 0.328 e. The average Bonchev–Trinajstić information content (AvgIpc) is 2.58. The molecule has 1 N–H and O–H groups in total. The first-order valence-corrected chi connectivity index (χ1v) is 7.13. The van der Waals surface area contributed by atoms with Crippen molar-refractivity contribution < 1.29 is 9.53 Å². The molecule has 0 aliphatic carbocycles. The van der Waals surface area contributed by atoms with Gasteiger partial charge in [-0.3, -0.25) is 5.32 Å².